The van der Waals surface area contributed by atoms with Crippen LogP contribution in [0.15, 0.2) is 243 Å². The standard InChI is InChI=1S/2C26H24P2.C2H5N.BF4.FH.W/c2*1-5-13-23(14-6-1)27(24-15-7-2-8-16-24)21-22-28(25-17-9-3-10-18-25)26-19-11-4-12-20-26;1-2-3;2-1(3,4)5;;/h2*1-20H,21-22H2;2H2,1H3;;1H;/q;;+1;-1;;+1/p-1. The number of nitrogens with zero attached hydrogens (tertiary/aromatic N) is 1. The molecule has 0 unspecified atom stereocenters. The summed E-state index contributed by atoms with van der Waals surface area (Å²) in [7, 11) is -7.39. The van der Waals surface area contributed by atoms with Gasteiger partial charge in [-0.2, -0.15) is 0 Å². The molecular formula is C54H53BF5NP4W. The zero-order chi connectivity index (χ0) is 46.7. The first-order valence-electron chi connectivity index (χ1n) is 21.6. The molecular weight excluding hydrogens is 1080 g/mol. The summed E-state index contributed by atoms with van der Waals surface area (Å²) in [5.41, 5.74) is 0. The molecule has 8 rings (SSSR count). The molecule has 0 N–H and O–H groups in total. The van der Waals surface area contributed by atoms with Crippen LogP contribution in [0.1, 0.15) is 6.92 Å². The number of benzene rings is 8. The first-order valence-corrected chi connectivity index (χ1v) is 30.1. The summed E-state index contributed by atoms with van der Waals surface area (Å²) >= 11 is -1.65. The van der Waals surface area contributed by atoms with Crippen LogP contribution in [0.2, 0.25) is 0 Å². The molecule has 338 valence electrons. The molecule has 0 amide bonds. The maximum atomic E-state index is 11.0. The Morgan fingerprint density at radius 3 is 0.545 bits per heavy atom. The molecule has 12 heteroatoms. The van der Waals surface area contributed by atoms with Crippen LogP contribution in [0, 0.1) is 0 Å². The van der Waals surface area contributed by atoms with E-state index in [4.69, 9.17) is 0 Å². The maximum absolute atomic E-state index is 11.0. The van der Waals surface area contributed by atoms with E-state index < -0.39 is 26.0 Å². The fourth-order valence-electron chi connectivity index (χ4n) is 6.94. The Labute approximate surface area is 402 Å². The Hall–Kier alpha value is -4.41. The molecule has 0 saturated carbocycles. The predicted molar refractivity (Wildman–Crippen MR) is 281 cm³/mol. The zero-order valence-electron chi connectivity index (χ0n) is 36.7. The summed E-state index contributed by atoms with van der Waals surface area (Å²) in [5.74, 6) is 0. The van der Waals surface area contributed by atoms with E-state index in [9.17, 15) is 20.4 Å². The van der Waals surface area contributed by atoms with Crippen molar-refractivity contribution < 1.29 is 39.1 Å². The van der Waals surface area contributed by atoms with Gasteiger partial charge in [-0.15, -0.1) is 0 Å². The Balaban J connectivity index is 0.000000206. The predicted octanol–water partition coefficient (Wildman–Crippen LogP) is 13.1. The van der Waals surface area contributed by atoms with Crippen LogP contribution in [0.5, 0.6) is 0 Å². The Morgan fingerprint density at radius 2 is 0.455 bits per heavy atom. The topological polar surface area (TPSA) is 4.36 Å². The van der Waals surface area contributed by atoms with Crippen molar-refractivity contribution >= 4 is 81.4 Å². The average molecular weight is 1130 g/mol. The van der Waals surface area contributed by atoms with Crippen LogP contribution in [0.3, 0.4) is 0 Å². The molecule has 0 saturated heterocycles. The van der Waals surface area contributed by atoms with Crippen molar-refractivity contribution in [2.24, 2.45) is 0 Å². The second-order valence-corrected chi connectivity index (χ2v) is 25.1. The monoisotopic (exact) mass is 1130 g/mol. The maximum Gasteiger partial charge on any atom is 0.673 e. The minimum atomic E-state index is -6.00. The van der Waals surface area contributed by atoms with E-state index in [1.807, 2.05) is 6.92 Å². The fourth-order valence-corrected chi connectivity index (χ4v) is 18.0. The van der Waals surface area contributed by atoms with Crippen molar-refractivity contribution in [2.75, 3.05) is 31.2 Å². The van der Waals surface area contributed by atoms with Crippen LogP contribution in [-0.2, 0) is 18.7 Å². The van der Waals surface area contributed by atoms with E-state index in [0.717, 1.165) is 0 Å². The molecule has 0 aliphatic heterocycles. The Kier molecular flexibility index (Phi) is 23.9. The molecule has 0 aliphatic carbocycles. The third kappa shape index (κ3) is 19.1. The van der Waals surface area contributed by atoms with E-state index in [-0.39, 0.29) is 31.7 Å². The molecule has 0 aliphatic rings. The minimum Gasteiger partial charge on any atom is -0.418 e. The molecule has 8 aromatic rings. The van der Waals surface area contributed by atoms with Gasteiger partial charge < -0.3 is 17.3 Å². The van der Waals surface area contributed by atoms with Crippen molar-refractivity contribution in [2.45, 2.75) is 6.92 Å². The smallest absolute Gasteiger partial charge is 0.418 e. The summed E-state index contributed by atoms with van der Waals surface area (Å²) in [6, 6.07) is 88.4. The summed E-state index contributed by atoms with van der Waals surface area (Å²) in [6.07, 6.45) is 4.83. The van der Waals surface area contributed by atoms with E-state index in [1.54, 1.807) is 0 Å². The Bertz CT molecular complexity index is 2050. The van der Waals surface area contributed by atoms with E-state index in [1.165, 1.54) is 67.1 Å². The van der Waals surface area contributed by atoms with E-state index in [2.05, 4.69) is 246 Å². The molecule has 0 aromatic heterocycles. The van der Waals surface area contributed by atoms with Crippen molar-refractivity contribution in [3.8, 4) is 0 Å². The van der Waals surface area contributed by atoms with Crippen molar-refractivity contribution in [1.29, 1.82) is 0 Å². The second-order valence-electron chi connectivity index (χ2n) is 14.3. The van der Waals surface area contributed by atoms with Crippen LogP contribution < -0.4 is 42.4 Å². The zero-order valence-corrected chi connectivity index (χ0v) is 43.3. The quantitative estimate of drug-likeness (QED) is 0.0581. The summed E-state index contributed by atoms with van der Waals surface area (Å²) in [5, 5.41) is 11.8. The number of hydrogen-bond acceptors (Lipinski definition) is 0. The molecule has 0 spiro atoms. The van der Waals surface area contributed by atoms with Gasteiger partial charge in [0.25, 0.3) is 0 Å². The van der Waals surface area contributed by atoms with Crippen molar-refractivity contribution in [3.63, 3.8) is 0 Å². The SMILES string of the molecule is CC[N+]#[W][F].F[B-](F)(F)F.c1ccc(P(CCP(c2ccccc2)c2ccccc2)c2ccccc2)cc1.c1ccc(P(CCP(c2ccccc2)c2ccccc2)c2ccccc2)cc1. The molecule has 66 heavy (non-hydrogen) atoms. The van der Waals surface area contributed by atoms with Crippen molar-refractivity contribution in [3.05, 3.63) is 246 Å². The van der Waals surface area contributed by atoms with E-state index in [0.29, 0.717) is 6.54 Å². The van der Waals surface area contributed by atoms with Gasteiger partial charge in [0, 0.05) is 0 Å². The molecule has 8 aromatic carbocycles. The van der Waals surface area contributed by atoms with Gasteiger partial charge in [-0.3, -0.25) is 0 Å². The van der Waals surface area contributed by atoms with Gasteiger partial charge in [0.15, 0.2) is 0 Å². The fraction of sp³-hybridized carbons (Fsp3) is 0.111. The average Bonchev–Trinajstić information content (AvgIpc) is 3.37. The van der Waals surface area contributed by atoms with Crippen LogP contribution in [0.4, 0.5) is 20.4 Å². The molecule has 0 atom stereocenters. The molecule has 1 nitrogen and oxygen atoms in total. The van der Waals surface area contributed by atoms with Gasteiger partial charge >= 0.3 is 45.9 Å². The van der Waals surface area contributed by atoms with Crippen LogP contribution in [-0.4, -0.2) is 38.4 Å². The first-order chi connectivity index (χ1) is 32.2. The molecule has 0 radical (unpaired) electrons. The third-order valence-corrected chi connectivity index (χ3v) is 21.9. The first kappa shape index (κ1) is 52.6. The van der Waals surface area contributed by atoms with Crippen LogP contribution in [0.25, 0.3) is 3.31 Å². The van der Waals surface area contributed by atoms with Gasteiger partial charge in [-0.05, 0) is 98.8 Å². The molecule has 0 fully saturated rings. The second kappa shape index (κ2) is 30.1. The summed E-state index contributed by atoms with van der Waals surface area (Å²) in [4.78, 5) is 0. The van der Waals surface area contributed by atoms with Crippen LogP contribution >= 0.6 is 31.7 Å². The number of rotatable bonds is 14. The minimum absolute atomic E-state index is 0.348. The van der Waals surface area contributed by atoms with Gasteiger partial charge in [0.1, 0.15) is 0 Å². The van der Waals surface area contributed by atoms with Gasteiger partial charge in [0.2, 0.25) is 0 Å². The number of hydrogen-bond donors (Lipinski definition) is 0. The van der Waals surface area contributed by atoms with Gasteiger partial charge in [0.05, 0.1) is 0 Å². The van der Waals surface area contributed by atoms with Crippen molar-refractivity contribution in [1.82, 2.24) is 0 Å². The summed E-state index contributed by atoms with van der Waals surface area (Å²) < 4.78 is 53.5. The third-order valence-electron chi connectivity index (χ3n) is 9.82. The molecule has 0 heterocycles. The van der Waals surface area contributed by atoms with E-state index >= 15 is 0 Å². The largest absolute Gasteiger partial charge is 0.673 e. The summed E-state index contributed by atoms with van der Waals surface area (Å²) in [6.45, 7) is 2.51. The number of halogens is 5. The normalized spacial score (nSPS) is 10.8. The molecule has 0 bridgehead atoms. The van der Waals surface area contributed by atoms with Gasteiger partial charge in [-0.25, -0.2) is 0 Å². The Morgan fingerprint density at radius 1 is 0.318 bits per heavy atom. The van der Waals surface area contributed by atoms with Gasteiger partial charge in [-0.1, -0.05) is 243 Å².